The number of carbonyl (C=O) groups excluding carboxylic acids is 1. The third kappa shape index (κ3) is 6.19. The van der Waals surface area contributed by atoms with Crippen molar-refractivity contribution in [3.63, 3.8) is 0 Å². The molecule has 1 aliphatic heterocycles. The number of nitrogens with zero attached hydrogens (tertiary/aromatic N) is 2. The van der Waals surface area contributed by atoms with Gasteiger partial charge in [0.15, 0.2) is 0 Å². The molecule has 0 bridgehead atoms. The number of amides is 1. The van der Waals surface area contributed by atoms with E-state index in [0.29, 0.717) is 5.92 Å². The molecule has 2 aromatic rings. The molecule has 0 aromatic heterocycles. The maximum atomic E-state index is 13.5. The van der Waals surface area contributed by atoms with E-state index in [1.54, 1.807) is 0 Å². The minimum atomic E-state index is -3.75. The number of carbonyl (C=O) groups is 1. The van der Waals surface area contributed by atoms with Gasteiger partial charge in [-0.3, -0.25) is 9.10 Å². The fraction of sp³-hybridized carbons (Fsp3) is 0.435. The zero-order chi connectivity index (χ0) is 22.6. The van der Waals surface area contributed by atoms with Gasteiger partial charge in [0.05, 0.1) is 18.0 Å². The largest absolute Gasteiger partial charge is 0.371 e. The van der Waals surface area contributed by atoms with Crippen molar-refractivity contribution in [3.05, 3.63) is 59.9 Å². The molecule has 0 radical (unpaired) electrons. The summed E-state index contributed by atoms with van der Waals surface area (Å²) in [5.74, 6) is -0.346. The van der Waals surface area contributed by atoms with Gasteiger partial charge in [0, 0.05) is 18.8 Å². The van der Waals surface area contributed by atoms with Gasteiger partial charge in [0.1, 0.15) is 12.4 Å². The Morgan fingerprint density at radius 1 is 1.26 bits per heavy atom. The first-order valence-corrected chi connectivity index (χ1v) is 12.4. The van der Waals surface area contributed by atoms with Crippen molar-refractivity contribution in [2.24, 2.45) is 5.92 Å². The van der Waals surface area contributed by atoms with E-state index in [4.69, 9.17) is 0 Å². The summed E-state index contributed by atoms with van der Waals surface area (Å²) >= 11 is 0. The minimum absolute atomic E-state index is 0.116. The fourth-order valence-electron chi connectivity index (χ4n) is 3.93. The van der Waals surface area contributed by atoms with Crippen LogP contribution in [-0.2, 0) is 14.8 Å². The van der Waals surface area contributed by atoms with Gasteiger partial charge in [0.2, 0.25) is 15.9 Å². The highest BCUT2D eigenvalue weighted by Gasteiger charge is 2.22. The van der Waals surface area contributed by atoms with Gasteiger partial charge in [-0.1, -0.05) is 25.1 Å². The van der Waals surface area contributed by atoms with E-state index in [-0.39, 0.29) is 11.7 Å². The maximum absolute atomic E-state index is 13.5. The van der Waals surface area contributed by atoms with Crippen molar-refractivity contribution < 1.29 is 17.6 Å². The quantitative estimate of drug-likeness (QED) is 0.703. The molecular formula is C23H30FN3O3S. The normalized spacial score (nSPS) is 17.8. The Morgan fingerprint density at radius 2 is 1.97 bits per heavy atom. The van der Waals surface area contributed by atoms with E-state index < -0.39 is 28.3 Å². The van der Waals surface area contributed by atoms with Crippen LogP contribution in [0.1, 0.15) is 38.3 Å². The molecule has 1 amide bonds. The molecule has 1 aliphatic rings. The van der Waals surface area contributed by atoms with Crippen LogP contribution < -0.4 is 14.5 Å². The van der Waals surface area contributed by atoms with Gasteiger partial charge < -0.3 is 10.2 Å². The van der Waals surface area contributed by atoms with Crippen LogP contribution in [-0.4, -0.2) is 40.2 Å². The Balaban J connectivity index is 1.65. The molecule has 31 heavy (non-hydrogen) atoms. The summed E-state index contributed by atoms with van der Waals surface area (Å²) in [5, 5.41) is 2.84. The van der Waals surface area contributed by atoms with E-state index in [9.17, 15) is 17.6 Å². The van der Waals surface area contributed by atoms with E-state index in [1.165, 1.54) is 36.7 Å². The van der Waals surface area contributed by atoms with Crippen molar-refractivity contribution in [2.75, 3.05) is 35.1 Å². The van der Waals surface area contributed by atoms with Crippen LogP contribution in [0.2, 0.25) is 0 Å². The molecule has 8 heteroatoms. The molecule has 1 fully saturated rings. The van der Waals surface area contributed by atoms with Crippen LogP contribution in [0.15, 0.2) is 48.5 Å². The smallest absolute Gasteiger partial charge is 0.241 e. The van der Waals surface area contributed by atoms with Crippen LogP contribution >= 0.6 is 0 Å². The number of sulfonamides is 1. The van der Waals surface area contributed by atoms with Crippen LogP contribution in [0.4, 0.5) is 15.8 Å². The second-order valence-corrected chi connectivity index (χ2v) is 10.2. The van der Waals surface area contributed by atoms with Crippen molar-refractivity contribution in [1.82, 2.24) is 5.32 Å². The van der Waals surface area contributed by atoms with Gasteiger partial charge in [-0.05, 0) is 61.6 Å². The number of rotatable bonds is 7. The highest BCUT2D eigenvalue weighted by Crippen LogP contribution is 2.25. The van der Waals surface area contributed by atoms with Crippen molar-refractivity contribution in [2.45, 2.75) is 32.7 Å². The van der Waals surface area contributed by atoms with Crippen molar-refractivity contribution in [3.8, 4) is 0 Å². The first-order chi connectivity index (χ1) is 14.6. The van der Waals surface area contributed by atoms with Crippen molar-refractivity contribution >= 4 is 27.3 Å². The lowest BCUT2D eigenvalue weighted by Gasteiger charge is -2.33. The lowest BCUT2D eigenvalue weighted by atomic mass is 9.99. The monoisotopic (exact) mass is 447 g/mol. The molecule has 0 spiro atoms. The lowest BCUT2D eigenvalue weighted by Crippen LogP contribution is -2.41. The van der Waals surface area contributed by atoms with Gasteiger partial charge in [0.25, 0.3) is 0 Å². The van der Waals surface area contributed by atoms with Crippen LogP contribution in [0, 0.1) is 11.7 Å². The van der Waals surface area contributed by atoms with Crippen LogP contribution in [0.3, 0.4) is 0 Å². The molecule has 1 saturated heterocycles. The average Bonchev–Trinajstić information content (AvgIpc) is 2.71. The number of halogens is 1. The number of nitrogens with one attached hydrogen (secondary N) is 1. The van der Waals surface area contributed by atoms with Crippen LogP contribution in [0.5, 0.6) is 0 Å². The topological polar surface area (TPSA) is 69.7 Å². The lowest BCUT2D eigenvalue weighted by molar-refractivity contribution is -0.120. The molecule has 168 valence electrons. The Bertz CT molecular complexity index is 1010. The van der Waals surface area contributed by atoms with Gasteiger partial charge in [-0.25, -0.2) is 12.8 Å². The first kappa shape index (κ1) is 23.1. The predicted molar refractivity (Wildman–Crippen MR) is 122 cm³/mol. The molecule has 6 nitrogen and oxygen atoms in total. The minimum Gasteiger partial charge on any atom is -0.371 e. The number of hydrogen-bond donors (Lipinski definition) is 1. The average molecular weight is 448 g/mol. The Kier molecular flexibility index (Phi) is 7.20. The summed E-state index contributed by atoms with van der Waals surface area (Å²) in [5.41, 5.74) is 2.22. The van der Waals surface area contributed by atoms with E-state index in [2.05, 4.69) is 29.3 Å². The molecule has 3 rings (SSSR count). The van der Waals surface area contributed by atoms with E-state index in [1.807, 2.05) is 19.1 Å². The molecule has 1 heterocycles. The third-order valence-electron chi connectivity index (χ3n) is 5.58. The highest BCUT2D eigenvalue weighted by atomic mass is 32.2. The second kappa shape index (κ2) is 9.68. The summed E-state index contributed by atoms with van der Waals surface area (Å²) in [4.78, 5) is 15.0. The van der Waals surface area contributed by atoms with Gasteiger partial charge >= 0.3 is 0 Å². The SMILES string of the molecule is C[C@@H]1CCCN(c2ccc([C@@H](C)NC(=O)CN(c3cccc(F)c3)S(C)(=O)=O)cc2)C1. The first-order valence-electron chi connectivity index (χ1n) is 10.5. The zero-order valence-corrected chi connectivity index (χ0v) is 19.0. The summed E-state index contributed by atoms with van der Waals surface area (Å²) in [6.45, 7) is 5.80. The van der Waals surface area contributed by atoms with Gasteiger partial charge in [-0.15, -0.1) is 0 Å². The number of anilines is 2. The standard InChI is InChI=1S/C23H30FN3O3S/c1-17-6-5-13-26(15-17)21-11-9-19(10-12-21)18(2)25-23(28)16-27(31(3,29)30)22-8-4-7-20(24)14-22/h4,7-12,14,17-18H,5-6,13,15-16H2,1-3H3,(H,25,28)/t17-,18-/m1/s1. The summed E-state index contributed by atoms with van der Waals surface area (Å²) in [7, 11) is -3.75. The summed E-state index contributed by atoms with van der Waals surface area (Å²) < 4.78 is 38.8. The van der Waals surface area contributed by atoms with Crippen LogP contribution in [0.25, 0.3) is 0 Å². The summed E-state index contributed by atoms with van der Waals surface area (Å²) in [6, 6.07) is 13.0. The Labute approximate surface area is 184 Å². The zero-order valence-electron chi connectivity index (χ0n) is 18.2. The second-order valence-electron chi connectivity index (χ2n) is 8.32. The number of benzene rings is 2. The van der Waals surface area contributed by atoms with E-state index >= 15 is 0 Å². The van der Waals surface area contributed by atoms with Gasteiger partial charge in [-0.2, -0.15) is 0 Å². The highest BCUT2D eigenvalue weighted by molar-refractivity contribution is 7.92. The molecule has 2 aromatic carbocycles. The molecular weight excluding hydrogens is 417 g/mol. The fourth-order valence-corrected chi connectivity index (χ4v) is 4.78. The Hall–Kier alpha value is -2.61. The number of piperidine rings is 1. The van der Waals surface area contributed by atoms with Crippen molar-refractivity contribution in [1.29, 1.82) is 0 Å². The Morgan fingerprint density at radius 3 is 2.58 bits per heavy atom. The molecule has 0 saturated carbocycles. The molecule has 0 aliphatic carbocycles. The number of hydrogen-bond acceptors (Lipinski definition) is 4. The molecule has 2 atom stereocenters. The maximum Gasteiger partial charge on any atom is 0.241 e. The van der Waals surface area contributed by atoms with E-state index in [0.717, 1.165) is 35.3 Å². The molecule has 1 N–H and O–H groups in total. The molecule has 0 unspecified atom stereocenters. The third-order valence-corrected chi connectivity index (χ3v) is 6.72. The predicted octanol–water partition coefficient (Wildman–Crippen LogP) is 3.71. The summed E-state index contributed by atoms with van der Waals surface area (Å²) in [6.07, 6.45) is 3.45.